The lowest BCUT2D eigenvalue weighted by Crippen LogP contribution is -2.06. The fourth-order valence-electron chi connectivity index (χ4n) is 1.68. The van der Waals surface area contributed by atoms with Crippen LogP contribution in [0.2, 0.25) is 0 Å². The third-order valence-electron chi connectivity index (χ3n) is 2.48. The van der Waals surface area contributed by atoms with Crippen LogP contribution >= 0.6 is 15.9 Å². The number of rotatable bonds is 3. The monoisotopic (exact) mass is 325 g/mol. The van der Waals surface area contributed by atoms with Crippen molar-refractivity contribution in [2.45, 2.75) is 10.6 Å². The second-order valence-corrected chi connectivity index (χ2v) is 6.75. The van der Waals surface area contributed by atoms with E-state index in [1.54, 1.807) is 48.5 Å². The van der Waals surface area contributed by atoms with Gasteiger partial charge in [-0.1, -0.05) is 24.3 Å². The first-order chi connectivity index (χ1) is 8.49. The normalized spacial score (nSPS) is 11.4. The number of nitrogen functional groups attached to an aromatic ring is 1. The van der Waals surface area contributed by atoms with Gasteiger partial charge in [-0.3, -0.25) is 0 Å². The van der Waals surface area contributed by atoms with Crippen molar-refractivity contribution in [2.24, 2.45) is 0 Å². The maximum absolute atomic E-state index is 12.3. The zero-order chi connectivity index (χ0) is 13.2. The van der Waals surface area contributed by atoms with E-state index in [4.69, 9.17) is 5.73 Å². The lowest BCUT2D eigenvalue weighted by Gasteiger charge is -2.07. The van der Waals surface area contributed by atoms with Crippen LogP contribution < -0.4 is 5.73 Å². The minimum atomic E-state index is -3.36. The van der Waals surface area contributed by atoms with Crippen molar-refractivity contribution in [1.29, 1.82) is 0 Å². The molecule has 94 valence electrons. The van der Waals surface area contributed by atoms with Crippen LogP contribution in [0.1, 0.15) is 5.56 Å². The maximum atomic E-state index is 12.3. The predicted molar refractivity (Wildman–Crippen MR) is 75.9 cm³/mol. The molecule has 3 nitrogen and oxygen atoms in total. The van der Waals surface area contributed by atoms with Crippen LogP contribution in [0.3, 0.4) is 0 Å². The van der Waals surface area contributed by atoms with Crippen LogP contribution in [-0.2, 0) is 15.6 Å². The van der Waals surface area contributed by atoms with E-state index in [0.29, 0.717) is 20.6 Å². The van der Waals surface area contributed by atoms with Crippen molar-refractivity contribution in [3.05, 3.63) is 58.6 Å². The molecule has 2 N–H and O–H groups in total. The third-order valence-corrected chi connectivity index (χ3v) is 5.17. The summed E-state index contributed by atoms with van der Waals surface area (Å²) in [5.41, 5.74) is 6.89. The van der Waals surface area contributed by atoms with E-state index < -0.39 is 9.84 Å². The van der Waals surface area contributed by atoms with Gasteiger partial charge in [-0.15, -0.1) is 0 Å². The molecule has 0 radical (unpaired) electrons. The number of benzene rings is 2. The SMILES string of the molecule is Nc1cccc(CS(=O)(=O)c2ccccc2Br)c1. The Labute approximate surface area is 115 Å². The van der Waals surface area contributed by atoms with Gasteiger partial charge in [0.2, 0.25) is 0 Å². The highest BCUT2D eigenvalue weighted by atomic mass is 79.9. The van der Waals surface area contributed by atoms with E-state index in [-0.39, 0.29) is 5.75 Å². The Morgan fingerprint density at radius 1 is 1.06 bits per heavy atom. The Kier molecular flexibility index (Phi) is 3.73. The molecule has 0 unspecified atom stereocenters. The molecule has 0 amide bonds. The maximum Gasteiger partial charge on any atom is 0.183 e. The van der Waals surface area contributed by atoms with Gasteiger partial charge in [0.25, 0.3) is 0 Å². The standard InChI is InChI=1S/C13H12BrNO2S/c14-12-6-1-2-7-13(12)18(16,17)9-10-4-3-5-11(15)8-10/h1-8H,9,15H2. The average Bonchev–Trinajstić information content (AvgIpc) is 2.28. The van der Waals surface area contributed by atoms with Crippen LogP contribution in [0.5, 0.6) is 0 Å². The lowest BCUT2D eigenvalue weighted by molar-refractivity contribution is 0.595. The zero-order valence-corrected chi connectivity index (χ0v) is 11.9. The molecule has 0 aromatic heterocycles. The summed E-state index contributed by atoms with van der Waals surface area (Å²) >= 11 is 3.26. The molecule has 0 saturated heterocycles. The first-order valence-corrected chi connectivity index (χ1v) is 7.75. The Bertz CT molecular complexity index is 668. The summed E-state index contributed by atoms with van der Waals surface area (Å²) in [4.78, 5) is 0.299. The van der Waals surface area contributed by atoms with Crippen molar-refractivity contribution < 1.29 is 8.42 Å². The summed E-state index contributed by atoms with van der Waals surface area (Å²) in [7, 11) is -3.36. The third kappa shape index (κ3) is 2.91. The molecule has 0 aliphatic rings. The molecule has 0 atom stereocenters. The molecule has 0 spiro atoms. The summed E-state index contributed by atoms with van der Waals surface area (Å²) in [5, 5.41) is 0. The Morgan fingerprint density at radius 2 is 1.78 bits per heavy atom. The van der Waals surface area contributed by atoms with Crippen LogP contribution in [0.15, 0.2) is 57.9 Å². The first-order valence-electron chi connectivity index (χ1n) is 5.31. The average molecular weight is 326 g/mol. The van der Waals surface area contributed by atoms with Crippen LogP contribution in [0, 0.1) is 0 Å². The highest BCUT2D eigenvalue weighted by molar-refractivity contribution is 9.10. The molecule has 0 bridgehead atoms. The van der Waals surface area contributed by atoms with Gasteiger partial charge in [0.1, 0.15) is 0 Å². The molecule has 18 heavy (non-hydrogen) atoms. The molecule has 5 heteroatoms. The predicted octanol–water partition coefficient (Wildman–Crippen LogP) is 3.01. The molecule has 0 aliphatic carbocycles. The number of anilines is 1. The number of hydrogen-bond donors (Lipinski definition) is 1. The molecule has 0 aliphatic heterocycles. The second-order valence-electron chi connectivity index (χ2n) is 3.93. The van der Waals surface area contributed by atoms with E-state index in [0.717, 1.165) is 0 Å². The van der Waals surface area contributed by atoms with Gasteiger partial charge < -0.3 is 5.73 Å². The molecule has 2 aromatic rings. The molecule has 2 aromatic carbocycles. The molecular weight excluding hydrogens is 314 g/mol. The summed E-state index contributed by atoms with van der Waals surface area (Å²) in [5.74, 6) is -0.0549. The number of hydrogen-bond acceptors (Lipinski definition) is 3. The number of sulfone groups is 1. The van der Waals surface area contributed by atoms with Gasteiger partial charge >= 0.3 is 0 Å². The van der Waals surface area contributed by atoms with E-state index in [2.05, 4.69) is 15.9 Å². The van der Waals surface area contributed by atoms with Gasteiger partial charge in [-0.25, -0.2) is 8.42 Å². The Balaban J connectivity index is 2.37. The largest absolute Gasteiger partial charge is 0.399 e. The summed E-state index contributed by atoms with van der Waals surface area (Å²) in [6.07, 6.45) is 0. The smallest absolute Gasteiger partial charge is 0.183 e. The highest BCUT2D eigenvalue weighted by Gasteiger charge is 2.17. The topological polar surface area (TPSA) is 60.2 Å². The van der Waals surface area contributed by atoms with E-state index >= 15 is 0 Å². The second kappa shape index (κ2) is 5.12. The van der Waals surface area contributed by atoms with Crippen molar-refractivity contribution in [3.63, 3.8) is 0 Å². The van der Waals surface area contributed by atoms with E-state index in [1.807, 2.05) is 0 Å². The number of halogens is 1. The Hall–Kier alpha value is -1.33. The summed E-state index contributed by atoms with van der Waals surface area (Å²) in [6, 6.07) is 13.7. The van der Waals surface area contributed by atoms with Crippen molar-refractivity contribution >= 4 is 31.5 Å². The minimum Gasteiger partial charge on any atom is -0.399 e. The molecular formula is C13H12BrNO2S. The quantitative estimate of drug-likeness (QED) is 0.882. The fraction of sp³-hybridized carbons (Fsp3) is 0.0769. The van der Waals surface area contributed by atoms with Crippen molar-refractivity contribution in [2.75, 3.05) is 5.73 Å². The number of nitrogens with two attached hydrogens (primary N) is 1. The van der Waals surface area contributed by atoms with Crippen LogP contribution in [-0.4, -0.2) is 8.42 Å². The van der Waals surface area contributed by atoms with Gasteiger partial charge in [-0.05, 0) is 45.8 Å². The zero-order valence-electron chi connectivity index (χ0n) is 9.51. The van der Waals surface area contributed by atoms with E-state index in [1.165, 1.54) is 0 Å². The Morgan fingerprint density at radius 3 is 2.44 bits per heavy atom. The van der Waals surface area contributed by atoms with Gasteiger partial charge in [0, 0.05) is 10.2 Å². The fourth-order valence-corrected chi connectivity index (χ4v) is 4.13. The molecule has 2 rings (SSSR count). The van der Waals surface area contributed by atoms with Crippen LogP contribution in [0.25, 0.3) is 0 Å². The molecule has 0 heterocycles. The van der Waals surface area contributed by atoms with Crippen molar-refractivity contribution in [3.8, 4) is 0 Å². The minimum absolute atomic E-state index is 0.0549. The summed E-state index contributed by atoms with van der Waals surface area (Å²) in [6.45, 7) is 0. The lowest BCUT2D eigenvalue weighted by atomic mass is 10.2. The highest BCUT2D eigenvalue weighted by Crippen LogP contribution is 2.25. The molecule has 0 fully saturated rings. The van der Waals surface area contributed by atoms with Gasteiger partial charge in [0.15, 0.2) is 9.84 Å². The molecule has 0 saturated carbocycles. The van der Waals surface area contributed by atoms with Crippen molar-refractivity contribution in [1.82, 2.24) is 0 Å². The first kappa shape index (κ1) is 13.1. The van der Waals surface area contributed by atoms with Gasteiger partial charge in [-0.2, -0.15) is 0 Å². The van der Waals surface area contributed by atoms with E-state index in [9.17, 15) is 8.42 Å². The van der Waals surface area contributed by atoms with Gasteiger partial charge in [0.05, 0.1) is 10.6 Å². The summed E-state index contributed by atoms with van der Waals surface area (Å²) < 4.78 is 25.1. The van der Waals surface area contributed by atoms with Crippen LogP contribution in [0.4, 0.5) is 5.69 Å².